The summed E-state index contributed by atoms with van der Waals surface area (Å²) < 4.78 is 2.32. The van der Waals surface area contributed by atoms with Crippen LogP contribution >= 0.6 is 45.8 Å². The molecule has 3 aromatic carbocycles. The molecule has 0 saturated heterocycles. The molecule has 36 heavy (non-hydrogen) atoms. The molecule has 0 atom stereocenters. The summed E-state index contributed by atoms with van der Waals surface area (Å²) in [5, 5.41) is 5.18. The van der Waals surface area contributed by atoms with E-state index < -0.39 is 5.56 Å². The number of nitrogens with zero attached hydrogens (tertiary/aromatic N) is 3. The van der Waals surface area contributed by atoms with Gasteiger partial charge in [-0.3, -0.25) is 14.2 Å². The van der Waals surface area contributed by atoms with Gasteiger partial charge in [0.05, 0.1) is 47.8 Å². The number of ketones is 1. The van der Waals surface area contributed by atoms with Gasteiger partial charge >= 0.3 is 0 Å². The molecular weight excluding hydrogens is 614 g/mol. The minimum absolute atomic E-state index is 0.0293. The number of halogens is 3. The smallest absolute Gasteiger partial charge is 0.261 e. The van der Waals surface area contributed by atoms with Crippen LogP contribution in [0.25, 0.3) is 32.8 Å². The van der Waals surface area contributed by atoms with Crippen LogP contribution in [0.4, 0.5) is 11.6 Å². The Morgan fingerprint density at radius 3 is 2.53 bits per heavy atom. The fraction of sp³-hybridized carbons (Fsp3) is 0.0400. The fourth-order valence-corrected chi connectivity index (χ4v) is 5.44. The third-order valence-corrected chi connectivity index (χ3v) is 7.26. The van der Waals surface area contributed by atoms with Gasteiger partial charge in [0.15, 0.2) is 5.82 Å². The Hall–Kier alpha value is -3.41. The van der Waals surface area contributed by atoms with Crippen LogP contribution in [0.5, 0.6) is 0 Å². The quantitative estimate of drug-likeness (QED) is 0.116. The van der Waals surface area contributed by atoms with Crippen LogP contribution in [0.3, 0.4) is 0 Å². The van der Waals surface area contributed by atoms with Crippen molar-refractivity contribution in [3.63, 3.8) is 0 Å². The van der Waals surface area contributed by atoms with Crippen LogP contribution in [-0.2, 0) is 4.55 Å². The van der Waals surface area contributed by atoms with E-state index in [1.807, 2.05) is 28.8 Å². The molecule has 3 heterocycles. The molecule has 0 aliphatic carbocycles. The Balaban J connectivity index is 1.50. The molecular formula is C25H15Cl2IN6O2. The number of rotatable bonds is 5. The van der Waals surface area contributed by atoms with Crippen LogP contribution in [0.2, 0.25) is 10.0 Å². The third-order valence-electron chi connectivity index (χ3n) is 5.95. The van der Waals surface area contributed by atoms with E-state index in [1.54, 1.807) is 36.5 Å². The summed E-state index contributed by atoms with van der Waals surface area (Å²) in [6.45, 7) is 0. The van der Waals surface area contributed by atoms with Crippen LogP contribution in [0, 0.1) is 0 Å². The summed E-state index contributed by atoms with van der Waals surface area (Å²) in [5.74, 6) is 0.0725. The highest BCUT2D eigenvalue weighted by Crippen LogP contribution is 2.34. The summed E-state index contributed by atoms with van der Waals surface area (Å²) in [6, 6.07) is 16.1. The van der Waals surface area contributed by atoms with Crippen molar-refractivity contribution in [2.75, 3.05) is 5.32 Å². The van der Waals surface area contributed by atoms with Crippen molar-refractivity contribution in [2.45, 2.75) is 4.55 Å². The highest BCUT2D eigenvalue weighted by Gasteiger charge is 2.21. The number of aromatic amines is 2. The maximum Gasteiger partial charge on any atom is 0.261 e. The topological polar surface area (TPSA) is 108 Å². The van der Waals surface area contributed by atoms with Gasteiger partial charge in [-0.15, -0.1) is 0 Å². The molecule has 6 aromatic rings. The minimum atomic E-state index is -0.429. The van der Waals surface area contributed by atoms with Crippen LogP contribution in [-0.4, -0.2) is 30.3 Å². The standard InChI is InChI=1S/C25H15Cl2IN6O2/c26-14-5-3-6-15(27)20(14)32-25-31-18-9-8-17-19(21(18)34(25)11-28)24(36)33-23(30-17)22(35)13-10-29-16-7-2-1-4-12(13)16/h1-10,29H,11H2,(H,31,32)(H,30,33,36). The van der Waals surface area contributed by atoms with E-state index in [2.05, 4.69) is 47.8 Å². The Labute approximate surface area is 226 Å². The second-order valence-electron chi connectivity index (χ2n) is 8.02. The van der Waals surface area contributed by atoms with Gasteiger partial charge in [0.25, 0.3) is 5.56 Å². The number of H-pyrrole nitrogens is 2. The Kier molecular flexibility index (Phi) is 5.70. The van der Waals surface area contributed by atoms with Crippen molar-refractivity contribution in [1.29, 1.82) is 0 Å². The first kappa shape index (κ1) is 23.0. The number of hydrogen-bond donors (Lipinski definition) is 3. The van der Waals surface area contributed by atoms with E-state index in [0.717, 1.165) is 10.9 Å². The molecule has 0 saturated carbocycles. The monoisotopic (exact) mass is 628 g/mol. The summed E-state index contributed by atoms with van der Waals surface area (Å²) in [6.07, 6.45) is 1.63. The van der Waals surface area contributed by atoms with Crippen molar-refractivity contribution >= 4 is 96.1 Å². The number of fused-ring (bicyclic) bond motifs is 4. The number of carbonyl (C=O) groups excluding carboxylic acids is 1. The molecule has 0 bridgehead atoms. The average molecular weight is 629 g/mol. The van der Waals surface area contributed by atoms with Gasteiger partial charge in [0.1, 0.15) is 0 Å². The first-order chi connectivity index (χ1) is 17.5. The molecule has 8 nitrogen and oxygen atoms in total. The lowest BCUT2D eigenvalue weighted by Crippen LogP contribution is -2.17. The SMILES string of the molecule is O=C(c1nc2ccc3nc(Nc4c(Cl)cccc4Cl)n(CI)c3c2c(=O)[nH]1)c1c[nH]c2ccccc12. The highest BCUT2D eigenvalue weighted by molar-refractivity contribution is 14.1. The van der Waals surface area contributed by atoms with E-state index >= 15 is 0 Å². The molecule has 0 fully saturated rings. The Bertz CT molecular complexity index is 1870. The van der Waals surface area contributed by atoms with Crippen molar-refractivity contribution in [3.8, 4) is 0 Å². The molecule has 3 aromatic heterocycles. The molecule has 0 amide bonds. The largest absolute Gasteiger partial charge is 0.360 e. The number of imidazole rings is 1. The van der Waals surface area contributed by atoms with E-state index in [9.17, 15) is 9.59 Å². The second kappa shape index (κ2) is 8.91. The lowest BCUT2D eigenvalue weighted by molar-refractivity contribution is 0.103. The number of hydrogen-bond acceptors (Lipinski definition) is 5. The first-order valence-corrected chi connectivity index (χ1v) is 13.1. The number of aromatic nitrogens is 5. The molecule has 0 radical (unpaired) electrons. The van der Waals surface area contributed by atoms with Gasteiger partial charge < -0.3 is 15.3 Å². The van der Waals surface area contributed by atoms with Crippen molar-refractivity contribution in [1.82, 2.24) is 24.5 Å². The highest BCUT2D eigenvalue weighted by atomic mass is 127. The number of nitrogens with one attached hydrogen (secondary N) is 3. The van der Waals surface area contributed by atoms with E-state index in [1.165, 1.54) is 0 Å². The first-order valence-electron chi connectivity index (χ1n) is 10.8. The molecule has 0 spiro atoms. The number of para-hydroxylation sites is 2. The summed E-state index contributed by atoms with van der Waals surface area (Å²) in [7, 11) is 0. The lowest BCUT2D eigenvalue weighted by Gasteiger charge is -2.11. The molecule has 178 valence electrons. The molecule has 6 rings (SSSR count). The Morgan fingerprint density at radius 2 is 1.75 bits per heavy atom. The van der Waals surface area contributed by atoms with Crippen LogP contribution < -0.4 is 10.9 Å². The minimum Gasteiger partial charge on any atom is -0.360 e. The molecule has 11 heteroatoms. The lowest BCUT2D eigenvalue weighted by atomic mass is 10.1. The van der Waals surface area contributed by atoms with Gasteiger partial charge in [-0.25, -0.2) is 9.97 Å². The van der Waals surface area contributed by atoms with Gasteiger partial charge in [0, 0.05) is 17.1 Å². The number of carbonyl (C=O) groups is 1. The summed E-state index contributed by atoms with van der Waals surface area (Å²) in [4.78, 5) is 41.6. The maximum absolute atomic E-state index is 13.3. The normalized spacial score (nSPS) is 11.5. The fourth-order valence-electron chi connectivity index (χ4n) is 4.28. The zero-order chi connectivity index (χ0) is 25.0. The van der Waals surface area contributed by atoms with E-state index in [0.29, 0.717) is 53.7 Å². The van der Waals surface area contributed by atoms with Crippen molar-refractivity contribution in [3.05, 3.63) is 92.6 Å². The number of anilines is 2. The van der Waals surface area contributed by atoms with Crippen molar-refractivity contribution < 1.29 is 4.79 Å². The maximum atomic E-state index is 13.3. The number of benzene rings is 3. The summed E-state index contributed by atoms with van der Waals surface area (Å²) >= 11 is 14.9. The van der Waals surface area contributed by atoms with E-state index in [4.69, 9.17) is 23.2 Å². The van der Waals surface area contributed by atoms with E-state index in [-0.39, 0.29) is 11.6 Å². The molecule has 0 aliphatic rings. The third kappa shape index (κ3) is 3.66. The molecule has 0 unspecified atom stereocenters. The average Bonchev–Trinajstić information content (AvgIpc) is 3.46. The second-order valence-corrected chi connectivity index (χ2v) is 9.52. The van der Waals surface area contributed by atoms with Gasteiger partial charge in [-0.05, 0) is 30.3 Å². The molecule has 0 aliphatic heterocycles. The number of alkyl halides is 1. The summed E-state index contributed by atoms with van der Waals surface area (Å²) in [5.41, 5.74) is 2.93. The van der Waals surface area contributed by atoms with Crippen LogP contribution in [0.1, 0.15) is 16.2 Å². The zero-order valence-corrected chi connectivity index (χ0v) is 21.9. The van der Waals surface area contributed by atoms with Crippen LogP contribution in [0.15, 0.2) is 65.6 Å². The van der Waals surface area contributed by atoms with Gasteiger partial charge in [-0.2, -0.15) is 0 Å². The van der Waals surface area contributed by atoms with Crippen molar-refractivity contribution in [2.24, 2.45) is 0 Å². The molecule has 3 N–H and O–H groups in total. The predicted molar refractivity (Wildman–Crippen MR) is 151 cm³/mol. The van der Waals surface area contributed by atoms with Gasteiger partial charge in [0.2, 0.25) is 11.7 Å². The Morgan fingerprint density at radius 1 is 1.00 bits per heavy atom. The predicted octanol–water partition coefficient (Wildman–Crippen LogP) is 6.43. The zero-order valence-electron chi connectivity index (χ0n) is 18.3. The van der Waals surface area contributed by atoms with Gasteiger partial charge in [-0.1, -0.05) is 70.1 Å².